The number of nitrogen functional groups attached to an aromatic ring is 1. The predicted octanol–water partition coefficient (Wildman–Crippen LogP) is 1.60. The predicted molar refractivity (Wildman–Crippen MR) is 60.7 cm³/mol. The van der Waals surface area contributed by atoms with E-state index in [1.807, 2.05) is 0 Å². The van der Waals surface area contributed by atoms with Gasteiger partial charge < -0.3 is 16.2 Å². The number of aliphatic imine (C=N–C) groups is 1. The van der Waals surface area contributed by atoms with Crippen LogP contribution in [0.5, 0.6) is 0 Å². The molecule has 0 unspecified atom stereocenters. The molecule has 0 saturated carbocycles. The van der Waals surface area contributed by atoms with E-state index in [0.717, 1.165) is 19.1 Å². The minimum absolute atomic E-state index is 0.160. The highest BCUT2D eigenvalue weighted by molar-refractivity contribution is 5.73. The lowest BCUT2D eigenvalue weighted by molar-refractivity contribution is -0.173. The first-order chi connectivity index (χ1) is 8.26. The van der Waals surface area contributed by atoms with Crippen molar-refractivity contribution in [2.24, 2.45) is 10.7 Å². The fourth-order valence-corrected chi connectivity index (χ4v) is 1.80. The molecule has 2 rings (SSSR count). The van der Waals surface area contributed by atoms with E-state index < -0.39 is 29.9 Å². The van der Waals surface area contributed by atoms with Crippen LogP contribution in [0.25, 0.3) is 0 Å². The second kappa shape index (κ2) is 3.79. The zero-order valence-electron chi connectivity index (χ0n) is 9.58. The Kier molecular flexibility index (Phi) is 2.64. The number of nitrogens with zero attached hydrogens (tertiary/aromatic N) is 1. The molecule has 0 aromatic heterocycles. The zero-order chi connectivity index (χ0) is 13.6. The summed E-state index contributed by atoms with van der Waals surface area (Å²) in [6.45, 7) is 0.204. The van der Waals surface area contributed by atoms with Gasteiger partial charge >= 0.3 is 5.92 Å². The average Bonchev–Trinajstić information content (AvgIpc) is 2.28. The van der Waals surface area contributed by atoms with Gasteiger partial charge in [-0.1, -0.05) is 0 Å². The molecule has 1 aromatic rings. The quantitative estimate of drug-likeness (QED) is 0.752. The van der Waals surface area contributed by atoms with Gasteiger partial charge in [-0.2, -0.15) is 8.78 Å². The summed E-state index contributed by atoms with van der Waals surface area (Å²) in [5.74, 6) is -4.22. The first-order valence-electron chi connectivity index (χ1n) is 5.18. The number of hydrogen-bond acceptors (Lipinski definition) is 4. The number of hydrogen-bond donors (Lipinski definition) is 2. The van der Waals surface area contributed by atoms with Crippen LogP contribution in [-0.2, 0) is 10.3 Å². The van der Waals surface area contributed by atoms with E-state index in [-0.39, 0.29) is 11.3 Å². The molecule has 0 spiro atoms. The van der Waals surface area contributed by atoms with E-state index in [1.165, 1.54) is 6.07 Å². The first-order valence-corrected chi connectivity index (χ1v) is 5.18. The fraction of sp³-hybridized carbons (Fsp3) is 0.364. The number of halogens is 3. The smallest absolute Gasteiger partial charge is 0.310 e. The molecule has 0 bridgehead atoms. The fourth-order valence-electron chi connectivity index (χ4n) is 1.80. The average molecular weight is 259 g/mol. The number of benzene rings is 1. The molecule has 7 heteroatoms. The molecule has 1 aliphatic rings. The van der Waals surface area contributed by atoms with Crippen molar-refractivity contribution in [1.82, 2.24) is 0 Å². The van der Waals surface area contributed by atoms with E-state index in [1.54, 1.807) is 0 Å². The van der Waals surface area contributed by atoms with Crippen LogP contribution in [0.1, 0.15) is 12.5 Å². The molecule has 98 valence electrons. The molecule has 0 saturated heterocycles. The standard InChI is InChI=1S/C11H12F3N3O/c1-10(7-4-6(15)2-3-8(7)12)11(13,14)5-17-9(16)18-10/h2-4H,5,15H2,1H3,(H2,16,17)/t10-/m1/s1. The molecule has 18 heavy (non-hydrogen) atoms. The van der Waals surface area contributed by atoms with Gasteiger partial charge in [0.2, 0.25) is 5.60 Å². The van der Waals surface area contributed by atoms with E-state index in [2.05, 4.69) is 4.99 Å². The summed E-state index contributed by atoms with van der Waals surface area (Å²) in [5, 5.41) is 0. The third-order valence-electron chi connectivity index (χ3n) is 2.94. The van der Waals surface area contributed by atoms with Crippen molar-refractivity contribution in [3.05, 3.63) is 29.6 Å². The number of anilines is 1. The lowest BCUT2D eigenvalue weighted by Crippen LogP contribution is -2.53. The molecule has 0 fully saturated rings. The maximum Gasteiger partial charge on any atom is 0.310 e. The van der Waals surface area contributed by atoms with Crippen molar-refractivity contribution in [2.45, 2.75) is 18.4 Å². The van der Waals surface area contributed by atoms with Crippen molar-refractivity contribution in [1.29, 1.82) is 0 Å². The van der Waals surface area contributed by atoms with Crippen LogP contribution in [0.4, 0.5) is 18.9 Å². The van der Waals surface area contributed by atoms with Gasteiger partial charge in [-0.15, -0.1) is 0 Å². The summed E-state index contributed by atoms with van der Waals surface area (Å²) in [5.41, 5.74) is 8.38. The van der Waals surface area contributed by atoms with Gasteiger partial charge in [0.15, 0.2) is 0 Å². The van der Waals surface area contributed by atoms with Crippen molar-refractivity contribution in [3.8, 4) is 0 Å². The first kappa shape index (κ1) is 12.5. The monoisotopic (exact) mass is 259 g/mol. The SMILES string of the molecule is C[C@]1(c2cc(N)ccc2F)OC(N)=NCC1(F)F. The van der Waals surface area contributed by atoms with Crippen molar-refractivity contribution in [2.75, 3.05) is 12.3 Å². The lowest BCUT2D eigenvalue weighted by Gasteiger charge is -2.39. The maximum atomic E-state index is 13.9. The van der Waals surface area contributed by atoms with Crippen LogP contribution in [0.3, 0.4) is 0 Å². The van der Waals surface area contributed by atoms with Gasteiger partial charge in [-0.3, -0.25) is 0 Å². The Morgan fingerprint density at radius 1 is 1.33 bits per heavy atom. The van der Waals surface area contributed by atoms with Gasteiger partial charge in [0.1, 0.15) is 12.4 Å². The maximum absolute atomic E-state index is 13.9. The van der Waals surface area contributed by atoms with Crippen LogP contribution >= 0.6 is 0 Å². The Hall–Kier alpha value is -1.92. The van der Waals surface area contributed by atoms with Crippen LogP contribution in [0.15, 0.2) is 23.2 Å². The van der Waals surface area contributed by atoms with Crippen molar-refractivity contribution < 1.29 is 17.9 Å². The molecular formula is C11H12F3N3O. The largest absolute Gasteiger partial charge is 0.448 e. The number of nitrogens with two attached hydrogens (primary N) is 2. The van der Waals surface area contributed by atoms with Gasteiger partial charge in [-0.25, -0.2) is 9.38 Å². The second-order valence-electron chi connectivity index (χ2n) is 4.23. The van der Waals surface area contributed by atoms with Gasteiger partial charge in [0.25, 0.3) is 6.02 Å². The zero-order valence-corrected chi connectivity index (χ0v) is 9.58. The summed E-state index contributed by atoms with van der Waals surface area (Å²) in [7, 11) is 0. The van der Waals surface area contributed by atoms with Gasteiger partial charge in [0.05, 0.1) is 0 Å². The molecule has 0 radical (unpaired) electrons. The topological polar surface area (TPSA) is 73.6 Å². The summed E-state index contributed by atoms with van der Waals surface area (Å²) in [6, 6.07) is 3.00. The number of alkyl halides is 2. The molecule has 0 aliphatic carbocycles. The Morgan fingerprint density at radius 3 is 2.67 bits per heavy atom. The van der Waals surface area contributed by atoms with Crippen LogP contribution < -0.4 is 11.5 Å². The Labute approximate surface area is 101 Å². The summed E-state index contributed by atoms with van der Waals surface area (Å²) in [4.78, 5) is 3.32. The summed E-state index contributed by atoms with van der Waals surface area (Å²) < 4.78 is 46.5. The molecule has 0 amide bonds. The Bertz CT molecular complexity index is 518. The second-order valence-corrected chi connectivity index (χ2v) is 4.23. The molecule has 1 aliphatic heterocycles. The Balaban J connectivity index is 2.59. The van der Waals surface area contributed by atoms with E-state index in [4.69, 9.17) is 16.2 Å². The van der Waals surface area contributed by atoms with Gasteiger partial charge in [0, 0.05) is 11.3 Å². The van der Waals surface area contributed by atoms with Crippen LogP contribution in [-0.4, -0.2) is 18.5 Å². The minimum atomic E-state index is -3.38. The lowest BCUT2D eigenvalue weighted by atomic mass is 9.87. The van der Waals surface area contributed by atoms with E-state index >= 15 is 0 Å². The highest BCUT2D eigenvalue weighted by atomic mass is 19.3. The highest BCUT2D eigenvalue weighted by Crippen LogP contribution is 2.44. The summed E-state index contributed by atoms with van der Waals surface area (Å²) in [6.07, 6.45) is 0. The molecular weight excluding hydrogens is 247 g/mol. The van der Waals surface area contributed by atoms with Gasteiger partial charge in [-0.05, 0) is 25.1 Å². The third-order valence-corrected chi connectivity index (χ3v) is 2.94. The van der Waals surface area contributed by atoms with Crippen molar-refractivity contribution in [3.63, 3.8) is 0 Å². The van der Waals surface area contributed by atoms with E-state index in [0.29, 0.717) is 0 Å². The number of rotatable bonds is 1. The number of amidine groups is 1. The molecule has 1 aromatic carbocycles. The molecule has 4 nitrogen and oxygen atoms in total. The minimum Gasteiger partial charge on any atom is -0.448 e. The summed E-state index contributed by atoms with van der Waals surface area (Å²) >= 11 is 0. The van der Waals surface area contributed by atoms with E-state index in [9.17, 15) is 13.2 Å². The third kappa shape index (κ3) is 1.75. The van der Waals surface area contributed by atoms with Crippen molar-refractivity contribution >= 4 is 11.7 Å². The highest BCUT2D eigenvalue weighted by Gasteiger charge is 2.57. The Morgan fingerprint density at radius 2 is 2.00 bits per heavy atom. The van der Waals surface area contributed by atoms with Crippen LogP contribution in [0.2, 0.25) is 0 Å². The molecule has 4 N–H and O–H groups in total. The number of ether oxygens (including phenoxy) is 1. The van der Waals surface area contributed by atoms with Crippen LogP contribution in [0, 0.1) is 5.82 Å². The molecule has 1 atom stereocenters. The normalized spacial score (nSPS) is 26.3. The molecule has 1 heterocycles.